The van der Waals surface area contributed by atoms with E-state index >= 15 is 0 Å². The molecule has 0 amide bonds. The second-order valence-electron chi connectivity index (χ2n) is 2.76. The largest absolute Gasteiger partial charge is 0.507 e. The Balaban J connectivity index is 2.52. The first-order chi connectivity index (χ1) is 6.70. The van der Waals surface area contributed by atoms with Gasteiger partial charge in [-0.2, -0.15) is 0 Å². The predicted octanol–water partition coefficient (Wildman–Crippen LogP) is 2.69. The molecule has 14 heavy (non-hydrogen) atoms. The molecular formula is C11H12O2S. The quantitative estimate of drug-likeness (QED) is 0.829. The zero-order chi connectivity index (χ0) is 10.4. The lowest BCUT2D eigenvalue weighted by molar-refractivity contribution is -0.109. The Morgan fingerprint density at radius 3 is 2.86 bits per heavy atom. The van der Waals surface area contributed by atoms with Gasteiger partial charge in [-0.25, -0.2) is 0 Å². The summed E-state index contributed by atoms with van der Waals surface area (Å²) in [5.74, 6) is 0.903. The third-order valence-electron chi connectivity index (χ3n) is 1.62. The van der Waals surface area contributed by atoms with E-state index in [1.807, 2.05) is 24.3 Å². The van der Waals surface area contributed by atoms with Crippen LogP contribution in [0.2, 0.25) is 0 Å². The molecule has 0 unspecified atom stereocenters. The normalized spacial score (nSPS) is 10.6. The second-order valence-corrected chi connectivity index (χ2v) is 3.96. The van der Waals surface area contributed by atoms with Crippen LogP contribution in [-0.2, 0) is 4.79 Å². The molecule has 0 radical (unpaired) electrons. The smallest absolute Gasteiger partial charge is 0.186 e. The van der Waals surface area contributed by atoms with Gasteiger partial charge in [-0.1, -0.05) is 42.1 Å². The molecule has 0 bridgehead atoms. The molecule has 1 rings (SSSR count). The standard InChI is InChI=1S/C11H12O2S/c1-9(12)14-8-4-6-10-5-2-3-7-11(10)13/h2-7,13H,8H2,1H3. The summed E-state index contributed by atoms with van der Waals surface area (Å²) < 4.78 is 0. The summed E-state index contributed by atoms with van der Waals surface area (Å²) in [4.78, 5) is 10.6. The topological polar surface area (TPSA) is 37.3 Å². The number of rotatable bonds is 3. The Kier molecular flexibility index (Phi) is 4.26. The van der Waals surface area contributed by atoms with E-state index in [0.29, 0.717) is 5.75 Å². The van der Waals surface area contributed by atoms with Crippen LogP contribution in [0.4, 0.5) is 0 Å². The van der Waals surface area contributed by atoms with Gasteiger partial charge in [0.05, 0.1) is 0 Å². The molecule has 0 aliphatic rings. The number of thioether (sulfide) groups is 1. The minimum absolute atomic E-state index is 0.104. The third-order valence-corrected chi connectivity index (χ3v) is 2.38. The van der Waals surface area contributed by atoms with Crippen LogP contribution in [0.15, 0.2) is 30.3 Å². The molecule has 1 N–H and O–H groups in total. The van der Waals surface area contributed by atoms with Crippen LogP contribution in [0.25, 0.3) is 6.08 Å². The van der Waals surface area contributed by atoms with Gasteiger partial charge in [-0.3, -0.25) is 4.79 Å². The second kappa shape index (κ2) is 5.50. The number of benzene rings is 1. The molecule has 0 fully saturated rings. The number of para-hydroxylation sites is 1. The van der Waals surface area contributed by atoms with Crippen LogP contribution in [0.3, 0.4) is 0 Å². The van der Waals surface area contributed by atoms with E-state index in [0.717, 1.165) is 5.56 Å². The van der Waals surface area contributed by atoms with Crippen molar-refractivity contribution in [1.82, 2.24) is 0 Å². The number of carbonyl (C=O) groups excluding carboxylic acids is 1. The van der Waals surface area contributed by atoms with Gasteiger partial charge in [0.1, 0.15) is 5.75 Å². The van der Waals surface area contributed by atoms with Crippen molar-refractivity contribution in [2.75, 3.05) is 5.75 Å². The minimum atomic E-state index is 0.104. The number of phenolic OH excluding ortho intramolecular Hbond substituents is 1. The minimum Gasteiger partial charge on any atom is -0.507 e. The summed E-state index contributed by atoms with van der Waals surface area (Å²) in [6, 6.07) is 7.09. The van der Waals surface area contributed by atoms with E-state index in [4.69, 9.17) is 0 Å². The molecule has 3 heteroatoms. The Labute approximate surface area is 87.6 Å². The maximum Gasteiger partial charge on any atom is 0.186 e. The van der Waals surface area contributed by atoms with Crippen LogP contribution in [0, 0.1) is 0 Å². The molecule has 1 aromatic carbocycles. The van der Waals surface area contributed by atoms with Gasteiger partial charge < -0.3 is 5.11 Å². The molecule has 1 aromatic rings. The van der Waals surface area contributed by atoms with E-state index < -0.39 is 0 Å². The number of hydrogen-bond acceptors (Lipinski definition) is 3. The van der Waals surface area contributed by atoms with Gasteiger partial charge in [-0.05, 0) is 6.07 Å². The van der Waals surface area contributed by atoms with Crippen LogP contribution in [0.1, 0.15) is 12.5 Å². The van der Waals surface area contributed by atoms with E-state index in [9.17, 15) is 9.90 Å². The third kappa shape index (κ3) is 3.66. The van der Waals surface area contributed by atoms with Crippen molar-refractivity contribution >= 4 is 23.0 Å². The predicted molar refractivity (Wildman–Crippen MR) is 60.3 cm³/mol. The molecule has 0 aliphatic carbocycles. The maximum atomic E-state index is 10.6. The van der Waals surface area contributed by atoms with Crippen LogP contribution < -0.4 is 0 Å². The van der Waals surface area contributed by atoms with Gasteiger partial charge in [0.2, 0.25) is 0 Å². The molecule has 0 aliphatic heterocycles. The fraction of sp³-hybridized carbons (Fsp3) is 0.182. The first-order valence-corrected chi connectivity index (χ1v) is 5.26. The van der Waals surface area contributed by atoms with Gasteiger partial charge in [0, 0.05) is 18.2 Å². The number of carbonyl (C=O) groups is 1. The van der Waals surface area contributed by atoms with E-state index in [1.165, 1.54) is 11.8 Å². The van der Waals surface area contributed by atoms with Crippen molar-refractivity contribution in [1.29, 1.82) is 0 Å². The van der Waals surface area contributed by atoms with Gasteiger partial charge in [0.25, 0.3) is 0 Å². The SMILES string of the molecule is CC(=O)SCC=Cc1ccccc1O. The molecule has 0 atom stereocenters. The summed E-state index contributed by atoms with van der Waals surface area (Å²) in [7, 11) is 0. The first-order valence-electron chi connectivity index (χ1n) is 4.28. The molecule has 0 saturated carbocycles. The number of hydrogen-bond donors (Lipinski definition) is 1. The summed E-state index contributed by atoms with van der Waals surface area (Å²) in [5.41, 5.74) is 0.775. The number of phenols is 1. The molecular weight excluding hydrogens is 196 g/mol. The van der Waals surface area contributed by atoms with Crippen molar-refractivity contribution in [3.05, 3.63) is 35.9 Å². The lowest BCUT2D eigenvalue weighted by Crippen LogP contribution is -1.81. The highest BCUT2D eigenvalue weighted by atomic mass is 32.2. The number of aromatic hydroxyl groups is 1. The summed E-state index contributed by atoms with van der Waals surface area (Å²) >= 11 is 1.25. The average molecular weight is 208 g/mol. The van der Waals surface area contributed by atoms with Gasteiger partial charge in [0.15, 0.2) is 5.12 Å². The Morgan fingerprint density at radius 1 is 1.50 bits per heavy atom. The van der Waals surface area contributed by atoms with Crippen molar-refractivity contribution in [3.63, 3.8) is 0 Å². The van der Waals surface area contributed by atoms with Crippen LogP contribution in [-0.4, -0.2) is 16.0 Å². The maximum absolute atomic E-state index is 10.6. The molecule has 0 spiro atoms. The fourth-order valence-corrected chi connectivity index (χ4v) is 1.40. The van der Waals surface area contributed by atoms with E-state index in [-0.39, 0.29) is 10.9 Å². The molecule has 0 aromatic heterocycles. The lowest BCUT2D eigenvalue weighted by Gasteiger charge is -1.96. The summed E-state index contributed by atoms with van der Waals surface area (Å²) in [6.07, 6.45) is 3.67. The lowest BCUT2D eigenvalue weighted by atomic mass is 10.2. The molecule has 0 saturated heterocycles. The molecule has 0 heterocycles. The highest BCUT2D eigenvalue weighted by Gasteiger charge is 1.93. The zero-order valence-electron chi connectivity index (χ0n) is 7.93. The monoisotopic (exact) mass is 208 g/mol. The first kappa shape index (κ1) is 10.9. The van der Waals surface area contributed by atoms with Crippen molar-refractivity contribution in [2.24, 2.45) is 0 Å². The molecule has 74 valence electrons. The summed E-state index contributed by atoms with van der Waals surface area (Å²) in [6.45, 7) is 1.54. The van der Waals surface area contributed by atoms with Crippen LogP contribution >= 0.6 is 11.8 Å². The van der Waals surface area contributed by atoms with Crippen LogP contribution in [0.5, 0.6) is 5.75 Å². The van der Waals surface area contributed by atoms with Crippen molar-refractivity contribution < 1.29 is 9.90 Å². The van der Waals surface area contributed by atoms with Gasteiger partial charge >= 0.3 is 0 Å². The van der Waals surface area contributed by atoms with E-state index in [1.54, 1.807) is 19.1 Å². The van der Waals surface area contributed by atoms with Crippen molar-refractivity contribution in [2.45, 2.75) is 6.92 Å². The Morgan fingerprint density at radius 2 is 2.21 bits per heavy atom. The Bertz CT molecular complexity index is 345. The zero-order valence-corrected chi connectivity index (χ0v) is 8.75. The summed E-state index contributed by atoms with van der Waals surface area (Å²) in [5, 5.41) is 9.50. The van der Waals surface area contributed by atoms with Crippen molar-refractivity contribution in [3.8, 4) is 5.75 Å². The molecule has 2 nitrogen and oxygen atoms in total. The average Bonchev–Trinajstić information content (AvgIpc) is 2.15. The highest BCUT2D eigenvalue weighted by molar-refractivity contribution is 8.13. The fourth-order valence-electron chi connectivity index (χ4n) is 0.969. The van der Waals surface area contributed by atoms with Gasteiger partial charge in [-0.15, -0.1) is 0 Å². The highest BCUT2D eigenvalue weighted by Crippen LogP contribution is 2.17. The Hall–Kier alpha value is -1.22. The van der Waals surface area contributed by atoms with E-state index in [2.05, 4.69) is 0 Å².